The molecule has 1 aliphatic carbocycles. The highest BCUT2D eigenvalue weighted by molar-refractivity contribution is 4.79. The molecule has 0 aromatic heterocycles. The fraction of sp³-hybridized carbons (Fsp3) is 1.00. The van der Waals surface area contributed by atoms with Crippen molar-refractivity contribution in [1.29, 1.82) is 0 Å². The van der Waals surface area contributed by atoms with Gasteiger partial charge in [0.25, 0.3) is 0 Å². The van der Waals surface area contributed by atoms with Gasteiger partial charge >= 0.3 is 0 Å². The second kappa shape index (κ2) is 4.97. The van der Waals surface area contributed by atoms with Crippen molar-refractivity contribution in [3.63, 3.8) is 0 Å². The third-order valence-corrected chi connectivity index (χ3v) is 3.50. The number of hydrogen-bond acceptors (Lipinski definition) is 2. The van der Waals surface area contributed by atoms with Crippen molar-refractivity contribution in [2.75, 3.05) is 6.54 Å². The van der Waals surface area contributed by atoms with E-state index in [9.17, 15) is 5.11 Å². The van der Waals surface area contributed by atoms with Crippen molar-refractivity contribution < 1.29 is 5.11 Å². The molecular formula is C11H23NO. The highest BCUT2D eigenvalue weighted by Crippen LogP contribution is 2.32. The molecule has 0 radical (unpaired) electrons. The molecule has 2 heteroatoms. The Hall–Kier alpha value is -0.0800. The molecule has 1 fully saturated rings. The Balaban J connectivity index is 2.35. The largest absolute Gasteiger partial charge is 0.393 e. The van der Waals surface area contributed by atoms with Crippen molar-refractivity contribution in [3.05, 3.63) is 0 Å². The Kier molecular flexibility index (Phi) is 4.20. The summed E-state index contributed by atoms with van der Waals surface area (Å²) in [5, 5.41) is 9.95. The van der Waals surface area contributed by atoms with Gasteiger partial charge in [-0.2, -0.15) is 0 Å². The van der Waals surface area contributed by atoms with Crippen LogP contribution in [-0.2, 0) is 0 Å². The molecule has 1 aliphatic rings. The van der Waals surface area contributed by atoms with Crippen LogP contribution < -0.4 is 5.73 Å². The molecule has 1 saturated carbocycles. The smallest absolute Gasteiger partial charge is 0.0605 e. The molecule has 2 unspecified atom stereocenters. The molecule has 13 heavy (non-hydrogen) atoms. The summed E-state index contributed by atoms with van der Waals surface area (Å²) in [5.74, 6) is 1.63. The van der Waals surface area contributed by atoms with Gasteiger partial charge in [-0.3, -0.25) is 0 Å². The predicted octanol–water partition coefficient (Wildman–Crippen LogP) is 1.77. The molecule has 0 heterocycles. The van der Waals surface area contributed by atoms with Crippen LogP contribution in [0, 0.1) is 17.8 Å². The molecule has 0 aromatic carbocycles. The number of rotatable bonds is 3. The van der Waals surface area contributed by atoms with Gasteiger partial charge in [0, 0.05) is 0 Å². The van der Waals surface area contributed by atoms with Gasteiger partial charge in [0.2, 0.25) is 0 Å². The first kappa shape index (κ1) is 11.0. The Morgan fingerprint density at radius 1 is 1.31 bits per heavy atom. The highest BCUT2D eigenvalue weighted by atomic mass is 16.3. The molecule has 0 aromatic rings. The van der Waals surface area contributed by atoms with E-state index in [0.717, 1.165) is 5.92 Å². The first-order valence-corrected chi connectivity index (χ1v) is 5.53. The Labute approximate surface area is 81.5 Å². The van der Waals surface area contributed by atoms with E-state index in [1.807, 2.05) is 6.92 Å². The van der Waals surface area contributed by atoms with Crippen molar-refractivity contribution >= 4 is 0 Å². The monoisotopic (exact) mass is 185 g/mol. The minimum Gasteiger partial charge on any atom is -0.393 e. The maximum atomic E-state index is 9.95. The first-order valence-electron chi connectivity index (χ1n) is 5.53. The number of aliphatic hydroxyl groups is 1. The summed E-state index contributed by atoms with van der Waals surface area (Å²) in [4.78, 5) is 0. The average molecular weight is 185 g/mol. The SMILES string of the molecule is CC1CCC(C(O)C(C)CN)CC1. The van der Waals surface area contributed by atoms with Crippen LogP contribution in [0.4, 0.5) is 0 Å². The fourth-order valence-electron chi connectivity index (χ4n) is 2.23. The van der Waals surface area contributed by atoms with E-state index in [0.29, 0.717) is 12.5 Å². The van der Waals surface area contributed by atoms with Gasteiger partial charge in [-0.25, -0.2) is 0 Å². The molecule has 0 bridgehead atoms. The Bertz CT molecular complexity index is 141. The molecule has 0 spiro atoms. The lowest BCUT2D eigenvalue weighted by molar-refractivity contribution is 0.0363. The summed E-state index contributed by atoms with van der Waals surface area (Å²) in [7, 11) is 0. The zero-order valence-electron chi connectivity index (χ0n) is 8.87. The van der Waals surface area contributed by atoms with E-state index in [2.05, 4.69) is 6.92 Å². The van der Waals surface area contributed by atoms with Crippen molar-refractivity contribution in [2.45, 2.75) is 45.6 Å². The zero-order chi connectivity index (χ0) is 9.84. The molecular weight excluding hydrogens is 162 g/mol. The summed E-state index contributed by atoms with van der Waals surface area (Å²) < 4.78 is 0. The van der Waals surface area contributed by atoms with Gasteiger partial charge in [-0.15, -0.1) is 0 Å². The lowest BCUT2D eigenvalue weighted by Gasteiger charge is -2.32. The van der Waals surface area contributed by atoms with Crippen LogP contribution in [0.5, 0.6) is 0 Å². The lowest BCUT2D eigenvalue weighted by Crippen LogP contribution is -2.34. The topological polar surface area (TPSA) is 46.2 Å². The van der Waals surface area contributed by atoms with E-state index in [1.165, 1.54) is 25.7 Å². The normalized spacial score (nSPS) is 34.2. The van der Waals surface area contributed by atoms with E-state index < -0.39 is 0 Å². The van der Waals surface area contributed by atoms with Crippen LogP contribution in [0.25, 0.3) is 0 Å². The maximum absolute atomic E-state index is 9.95. The minimum atomic E-state index is -0.169. The third-order valence-electron chi connectivity index (χ3n) is 3.50. The predicted molar refractivity (Wildman–Crippen MR) is 55.3 cm³/mol. The van der Waals surface area contributed by atoms with Crippen LogP contribution in [0.3, 0.4) is 0 Å². The summed E-state index contributed by atoms with van der Waals surface area (Å²) in [6.45, 7) is 4.95. The molecule has 2 nitrogen and oxygen atoms in total. The Morgan fingerprint density at radius 2 is 1.85 bits per heavy atom. The van der Waals surface area contributed by atoms with E-state index in [1.54, 1.807) is 0 Å². The van der Waals surface area contributed by atoms with E-state index >= 15 is 0 Å². The molecule has 0 saturated heterocycles. The highest BCUT2D eigenvalue weighted by Gasteiger charge is 2.27. The molecule has 2 atom stereocenters. The standard InChI is InChI=1S/C11H23NO/c1-8-3-5-10(6-4-8)11(13)9(2)7-12/h8-11,13H,3-7,12H2,1-2H3. The van der Waals surface area contributed by atoms with Crippen LogP contribution >= 0.6 is 0 Å². The fourth-order valence-corrected chi connectivity index (χ4v) is 2.23. The summed E-state index contributed by atoms with van der Waals surface area (Å²) in [6, 6.07) is 0. The quantitative estimate of drug-likeness (QED) is 0.704. The number of hydrogen-bond donors (Lipinski definition) is 2. The van der Waals surface area contributed by atoms with Gasteiger partial charge in [-0.05, 0) is 37.1 Å². The molecule has 0 amide bonds. The molecule has 78 valence electrons. The van der Waals surface area contributed by atoms with Crippen molar-refractivity contribution in [3.8, 4) is 0 Å². The number of nitrogens with two attached hydrogens (primary N) is 1. The van der Waals surface area contributed by atoms with Crippen molar-refractivity contribution in [2.24, 2.45) is 23.5 Å². The van der Waals surface area contributed by atoms with Gasteiger partial charge < -0.3 is 10.8 Å². The second-order valence-corrected chi connectivity index (χ2v) is 4.72. The molecule has 0 aliphatic heterocycles. The minimum absolute atomic E-state index is 0.169. The summed E-state index contributed by atoms with van der Waals surface area (Å²) in [5.41, 5.74) is 5.55. The molecule has 3 N–H and O–H groups in total. The van der Waals surface area contributed by atoms with Gasteiger partial charge in [-0.1, -0.05) is 26.7 Å². The molecule has 1 rings (SSSR count). The second-order valence-electron chi connectivity index (χ2n) is 4.72. The zero-order valence-corrected chi connectivity index (χ0v) is 8.87. The van der Waals surface area contributed by atoms with Crippen LogP contribution in [0.2, 0.25) is 0 Å². The Morgan fingerprint density at radius 3 is 2.31 bits per heavy atom. The summed E-state index contributed by atoms with van der Waals surface area (Å²) >= 11 is 0. The maximum Gasteiger partial charge on any atom is 0.0605 e. The first-order chi connectivity index (χ1) is 6.15. The average Bonchev–Trinajstić information content (AvgIpc) is 2.17. The van der Waals surface area contributed by atoms with Crippen molar-refractivity contribution in [1.82, 2.24) is 0 Å². The van der Waals surface area contributed by atoms with Gasteiger partial charge in [0.15, 0.2) is 0 Å². The van der Waals surface area contributed by atoms with Crippen LogP contribution in [0.15, 0.2) is 0 Å². The van der Waals surface area contributed by atoms with Gasteiger partial charge in [0.05, 0.1) is 6.10 Å². The van der Waals surface area contributed by atoms with Crippen LogP contribution in [-0.4, -0.2) is 17.8 Å². The van der Waals surface area contributed by atoms with Gasteiger partial charge in [0.1, 0.15) is 0 Å². The van der Waals surface area contributed by atoms with E-state index in [4.69, 9.17) is 5.73 Å². The lowest BCUT2D eigenvalue weighted by atomic mass is 9.77. The third kappa shape index (κ3) is 2.96. The number of aliphatic hydroxyl groups excluding tert-OH is 1. The summed E-state index contributed by atoms with van der Waals surface area (Å²) in [6.07, 6.45) is 4.76. The van der Waals surface area contributed by atoms with Crippen LogP contribution in [0.1, 0.15) is 39.5 Å². The van der Waals surface area contributed by atoms with E-state index in [-0.39, 0.29) is 12.0 Å².